The molecule has 2 rings (SSSR count). The first-order valence-corrected chi connectivity index (χ1v) is 12.5. The Labute approximate surface area is 176 Å². The summed E-state index contributed by atoms with van der Waals surface area (Å²) in [6.45, 7) is 17.8. The maximum absolute atomic E-state index is 5.19. The van der Waals surface area contributed by atoms with Gasteiger partial charge in [0.15, 0.2) is 0 Å². The van der Waals surface area contributed by atoms with Crippen molar-refractivity contribution in [1.29, 1.82) is 0 Å². The molecule has 0 aliphatic carbocycles. The Hall–Kier alpha value is 1.52. The van der Waals surface area contributed by atoms with Gasteiger partial charge in [-0.1, -0.05) is 13.2 Å². The normalized spacial score (nSPS) is 18.2. The Morgan fingerprint density at radius 3 is 1.17 bits per heavy atom. The summed E-state index contributed by atoms with van der Waals surface area (Å²) < 4.78 is 10.4. The van der Waals surface area contributed by atoms with Crippen molar-refractivity contribution in [2.45, 2.75) is 0 Å². The number of hydrogen-bond acceptors (Lipinski definition) is 2. The van der Waals surface area contributed by atoms with Crippen molar-refractivity contribution in [3.05, 3.63) is 25.3 Å². The Kier molecular flexibility index (Phi) is 28.3. The molecule has 2 aliphatic heterocycles. The van der Waals surface area contributed by atoms with Crippen LogP contribution < -0.4 is 9.80 Å². The molecule has 4 nitrogen and oxygen atoms in total. The van der Waals surface area contributed by atoms with E-state index in [0.29, 0.717) is 0 Å². The minimum atomic E-state index is 0.757. The zero-order chi connectivity index (χ0) is 18.5. The average molecular weight is 525 g/mol. The third-order valence-corrected chi connectivity index (χ3v) is 3.27. The monoisotopic (exact) mass is 522 g/mol. The second kappa shape index (κ2) is 24.5. The molecule has 0 amide bonds. The second-order valence-electron chi connectivity index (χ2n) is 4.80. The van der Waals surface area contributed by atoms with E-state index < -0.39 is 0 Å². The van der Waals surface area contributed by atoms with Gasteiger partial charge in [0, 0.05) is 0 Å². The first-order valence-electron chi connectivity index (χ1n) is 7.36. The number of hydrogen-bond donors (Lipinski definition) is 2. The SMILES string of the molecule is C=CC[NH+]1CCOCC1.C=CC[NH+]1CCOCC1.[Cl][Cu-][Cl].[Cl][Cu-][Cl]. The van der Waals surface area contributed by atoms with E-state index in [0.717, 1.165) is 92.0 Å². The van der Waals surface area contributed by atoms with Crippen LogP contribution in [0.2, 0.25) is 0 Å². The summed E-state index contributed by atoms with van der Waals surface area (Å²) in [5, 5.41) is 0. The number of quaternary nitrogens is 2. The zero-order valence-electron chi connectivity index (χ0n) is 13.6. The molecule has 0 aromatic heterocycles. The summed E-state index contributed by atoms with van der Waals surface area (Å²) in [4.78, 5) is 3.19. The topological polar surface area (TPSA) is 27.3 Å². The summed E-state index contributed by atoms with van der Waals surface area (Å²) >= 11 is 1.51. The van der Waals surface area contributed by atoms with Gasteiger partial charge in [0.2, 0.25) is 0 Å². The van der Waals surface area contributed by atoms with Crippen LogP contribution in [0.25, 0.3) is 0 Å². The van der Waals surface area contributed by atoms with Crippen LogP contribution in [0.3, 0.4) is 0 Å². The molecule has 2 heterocycles. The fourth-order valence-electron chi connectivity index (χ4n) is 2.14. The van der Waals surface area contributed by atoms with Crippen LogP contribution in [0.4, 0.5) is 0 Å². The Morgan fingerprint density at radius 1 is 0.708 bits per heavy atom. The van der Waals surface area contributed by atoms with Gasteiger partial charge in [-0.05, 0) is 12.2 Å². The minimum absolute atomic E-state index is 0.757. The summed E-state index contributed by atoms with van der Waals surface area (Å²) in [5.74, 6) is 0. The van der Waals surface area contributed by atoms with Gasteiger partial charge >= 0.3 is 66.7 Å². The second-order valence-corrected chi connectivity index (χ2v) is 7.91. The molecule has 2 aliphatic rings. The van der Waals surface area contributed by atoms with Gasteiger partial charge in [0.05, 0.1) is 39.5 Å². The fraction of sp³-hybridized carbons (Fsp3) is 0.714. The Bertz CT molecular complexity index is 245. The molecule has 10 heteroatoms. The van der Waals surface area contributed by atoms with Gasteiger partial charge < -0.3 is 19.3 Å². The van der Waals surface area contributed by atoms with Crippen LogP contribution >= 0.6 is 40.4 Å². The zero-order valence-corrected chi connectivity index (χ0v) is 18.5. The first-order chi connectivity index (χ1) is 11.7. The number of nitrogens with one attached hydrogen (secondary N) is 2. The van der Waals surface area contributed by atoms with Crippen molar-refractivity contribution in [2.75, 3.05) is 65.7 Å². The molecule has 0 radical (unpaired) electrons. The molecule has 2 N–H and O–H groups in total. The van der Waals surface area contributed by atoms with Crippen molar-refractivity contribution in [3.8, 4) is 0 Å². The van der Waals surface area contributed by atoms with E-state index >= 15 is 0 Å². The van der Waals surface area contributed by atoms with Crippen molar-refractivity contribution in [2.24, 2.45) is 0 Å². The molecule has 0 spiro atoms. The van der Waals surface area contributed by atoms with E-state index in [1.54, 1.807) is 9.80 Å². The number of halogens is 4. The van der Waals surface area contributed by atoms with Crippen LogP contribution in [0.1, 0.15) is 0 Å². The Balaban J connectivity index is 0. The van der Waals surface area contributed by atoms with Crippen LogP contribution in [0, 0.1) is 0 Å². The Morgan fingerprint density at radius 2 is 0.958 bits per heavy atom. The molecule has 156 valence electrons. The quantitative estimate of drug-likeness (QED) is 0.423. The fourth-order valence-corrected chi connectivity index (χ4v) is 2.14. The summed E-state index contributed by atoms with van der Waals surface area (Å²) in [6, 6.07) is 0. The van der Waals surface area contributed by atoms with Gasteiger partial charge in [-0.25, -0.2) is 0 Å². The predicted octanol–water partition coefficient (Wildman–Crippen LogP) is 0.928. The molecular formula is C14H28Cl4Cu2N2O2. The average Bonchev–Trinajstić information content (AvgIpc) is 2.59. The summed E-state index contributed by atoms with van der Waals surface area (Å²) in [7, 11) is 18.7. The summed E-state index contributed by atoms with van der Waals surface area (Å²) in [6.07, 6.45) is 3.95. The molecule has 0 unspecified atom stereocenters. The number of morpholine rings is 2. The van der Waals surface area contributed by atoms with E-state index in [1.807, 2.05) is 12.2 Å². The van der Waals surface area contributed by atoms with Crippen LogP contribution in [-0.4, -0.2) is 65.7 Å². The molecule has 0 bridgehead atoms. The van der Waals surface area contributed by atoms with Gasteiger partial charge in [-0.2, -0.15) is 0 Å². The molecule has 2 fully saturated rings. The third-order valence-electron chi connectivity index (χ3n) is 3.27. The molecule has 2 saturated heterocycles. The van der Waals surface area contributed by atoms with Crippen molar-refractivity contribution >= 4 is 40.4 Å². The van der Waals surface area contributed by atoms with Crippen molar-refractivity contribution < 1.29 is 45.5 Å². The number of rotatable bonds is 4. The first kappa shape index (κ1) is 27.7. The summed E-state index contributed by atoms with van der Waals surface area (Å²) in [5.41, 5.74) is 0. The van der Waals surface area contributed by atoms with Crippen molar-refractivity contribution in [3.63, 3.8) is 0 Å². The van der Waals surface area contributed by atoms with E-state index in [9.17, 15) is 0 Å². The molecule has 0 aromatic rings. The van der Waals surface area contributed by atoms with Crippen molar-refractivity contribution in [1.82, 2.24) is 0 Å². The van der Waals surface area contributed by atoms with E-state index in [4.69, 9.17) is 9.47 Å². The molecular weight excluding hydrogens is 497 g/mol. The molecule has 0 aromatic carbocycles. The van der Waals surface area contributed by atoms with Crippen LogP contribution in [0.5, 0.6) is 0 Å². The third kappa shape index (κ3) is 21.6. The van der Waals surface area contributed by atoms with E-state index in [-0.39, 0.29) is 0 Å². The molecule has 0 atom stereocenters. The van der Waals surface area contributed by atoms with Crippen LogP contribution in [-0.2, 0) is 35.7 Å². The van der Waals surface area contributed by atoms with Gasteiger partial charge in [-0.3, -0.25) is 0 Å². The van der Waals surface area contributed by atoms with E-state index in [2.05, 4.69) is 53.5 Å². The molecule has 24 heavy (non-hydrogen) atoms. The number of ether oxygens (including phenoxy) is 2. The molecule has 0 saturated carbocycles. The van der Waals surface area contributed by atoms with E-state index in [1.165, 1.54) is 0 Å². The standard InChI is InChI=1S/2C7H13NO.4ClH.2Cu/c2*1-2-3-8-4-6-9-7-5-8;;;;;;/h2*2H,1,3-7H2;4*1H;;/q;;;;;;2*+1/p-2. The van der Waals surface area contributed by atoms with Gasteiger partial charge in [0.1, 0.15) is 26.2 Å². The van der Waals surface area contributed by atoms with Gasteiger partial charge in [0.25, 0.3) is 0 Å². The maximum atomic E-state index is 5.19. The predicted molar refractivity (Wildman–Crippen MR) is 96.6 cm³/mol. The van der Waals surface area contributed by atoms with Gasteiger partial charge in [-0.15, -0.1) is 0 Å². The van der Waals surface area contributed by atoms with Crippen LogP contribution in [0.15, 0.2) is 25.3 Å².